The Morgan fingerprint density at radius 1 is 1.60 bits per heavy atom. The van der Waals surface area contributed by atoms with Crippen LogP contribution in [0.1, 0.15) is 17.4 Å². The molecule has 0 aliphatic rings. The summed E-state index contributed by atoms with van der Waals surface area (Å²) in [7, 11) is 1.51. The molecule has 0 fully saturated rings. The standard InChI is InChI=1S/C10H13NO4/c1-7(15-2)6-11-8(10(13)14)4-3-5-9(11)12/h3-5,7H,6H2,1-2H3,(H,13,14). The molecule has 1 aromatic heterocycles. The van der Waals surface area contributed by atoms with Crippen LogP contribution in [0, 0.1) is 0 Å². The van der Waals surface area contributed by atoms with Crippen molar-refractivity contribution in [2.75, 3.05) is 7.11 Å². The number of aromatic carboxylic acids is 1. The van der Waals surface area contributed by atoms with Crippen molar-refractivity contribution in [2.24, 2.45) is 0 Å². The summed E-state index contributed by atoms with van der Waals surface area (Å²) in [6.07, 6.45) is -0.205. The molecule has 5 heteroatoms. The minimum absolute atomic E-state index is 0.0219. The van der Waals surface area contributed by atoms with Crippen molar-refractivity contribution in [3.63, 3.8) is 0 Å². The Labute approximate surface area is 86.9 Å². The second kappa shape index (κ2) is 4.75. The molecule has 0 amide bonds. The molecule has 1 atom stereocenters. The summed E-state index contributed by atoms with van der Waals surface area (Å²) in [5.41, 5.74) is -0.356. The van der Waals surface area contributed by atoms with Gasteiger partial charge in [-0.05, 0) is 13.0 Å². The van der Waals surface area contributed by atoms with E-state index in [1.54, 1.807) is 6.92 Å². The van der Waals surface area contributed by atoms with Crippen LogP contribution in [0.5, 0.6) is 0 Å². The average molecular weight is 211 g/mol. The lowest BCUT2D eigenvalue weighted by molar-refractivity contribution is 0.0669. The van der Waals surface area contributed by atoms with Crippen LogP contribution in [-0.2, 0) is 11.3 Å². The van der Waals surface area contributed by atoms with Crippen LogP contribution in [0.3, 0.4) is 0 Å². The van der Waals surface area contributed by atoms with E-state index in [1.165, 1.54) is 29.9 Å². The molecule has 1 N–H and O–H groups in total. The van der Waals surface area contributed by atoms with Gasteiger partial charge >= 0.3 is 5.97 Å². The summed E-state index contributed by atoms with van der Waals surface area (Å²) in [4.78, 5) is 22.3. The molecule has 1 aromatic rings. The van der Waals surface area contributed by atoms with Crippen molar-refractivity contribution in [1.82, 2.24) is 4.57 Å². The molecule has 5 nitrogen and oxygen atoms in total. The lowest BCUT2D eigenvalue weighted by Crippen LogP contribution is -2.29. The van der Waals surface area contributed by atoms with Gasteiger partial charge in [-0.15, -0.1) is 0 Å². The van der Waals surface area contributed by atoms with E-state index in [-0.39, 0.29) is 23.9 Å². The fourth-order valence-electron chi connectivity index (χ4n) is 1.23. The number of nitrogens with zero attached hydrogens (tertiary/aromatic N) is 1. The highest BCUT2D eigenvalue weighted by molar-refractivity contribution is 5.85. The summed E-state index contributed by atoms with van der Waals surface area (Å²) in [6.45, 7) is 2.00. The highest BCUT2D eigenvalue weighted by Gasteiger charge is 2.12. The van der Waals surface area contributed by atoms with E-state index in [1.807, 2.05) is 0 Å². The number of ether oxygens (including phenoxy) is 1. The second-order valence-electron chi connectivity index (χ2n) is 3.21. The van der Waals surface area contributed by atoms with Gasteiger partial charge in [0.25, 0.3) is 5.56 Å². The molecule has 0 aliphatic carbocycles. The molecule has 0 bridgehead atoms. The zero-order valence-electron chi connectivity index (χ0n) is 8.64. The highest BCUT2D eigenvalue weighted by atomic mass is 16.5. The van der Waals surface area contributed by atoms with Gasteiger partial charge in [0.15, 0.2) is 0 Å². The largest absolute Gasteiger partial charge is 0.477 e. The van der Waals surface area contributed by atoms with Gasteiger partial charge in [0, 0.05) is 13.2 Å². The number of methoxy groups -OCH3 is 1. The number of hydrogen-bond donors (Lipinski definition) is 1. The van der Waals surface area contributed by atoms with Gasteiger partial charge in [-0.25, -0.2) is 4.79 Å². The SMILES string of the molecule is COC(C)Cn1c(C(=O)O)cccc1=O. The maximum Gasteiger partial charge on any atom is 0.352 e. The quantitative estimate of drug-likeness (QED) is 0.791. The molecule has 0 radical (unpaired) electrons. The summed E-state index contributed by atoms with van der Waals surface area (Å²) in [5.74, 6) is -1.11. The smallest absolute Gasteiger partial charge is 0.352 e. The minimum Gasteiger partial charge on any atom is -0.477 e. The highest BCUT2D eigenvalue weighted by Crippen LogP contribution is 2.00. The van der Waals surface area contributed by atoms with Crippen LogP contribution in [0.2, 0.25) is 0 Å². The van der Waals surface area contributed by atoms with Gasteiger partial charge in [0.2, 0.25) is 0 Å². The van der Waals surface area contributed by atoms with Gasteiger partial charge in [0.05, 0.1) is 12.6 Å². The Morgan fingerprint density at radius 3 is 2.80 bits per heavy atom. The topological polar surface area (TPSA) is 68.5 Å². The van der Waals surface area contributed by atoms with Gasteiger partial charge in [-0.1, -0.05) is 6.07 Å². The molecule has 0 aliphatic heterocycles. The molecule has 0 aromatic carbocycles. The number of pyridine rings is 1. The molecule has 0 saturated carbocycles. The Kier molecular flexibility index (Phi) is 3.62. The van der Waals surface area contributed by atoms with Crippen molar-refractivity contribution in [3.8, 4) is 0 Å². The van der Waals surface area contributed by atoms with E-state index in [9.17, 15) is 9.59 Å². The van der Waals surface area contributed by atoms with Gasteiger partial charge in [-0.2, -0.15) is 0 Å². The maximum absolute atomic E-state index is 11.4. The molecule has 1 unspecified atom stereocenters. The van der Waals surface area contributed by atoms with Crippen LogP contribution >= 0.6 is 0 Å². The van der Waals surface area contributed by atoms with Crippen LogP contribution in [0.15, 0.2) is 23.0 Å². The molecule has 1 heterocycles. The molecule has 1 rings (SSSR count). The Hall–Kier alpha value is -1.62. The van der Waals surface area contributed by atoms with Gasteiger partial charge in [-0.3, -0.25) is 9.36 Å². The molecular formula is C10H13NO4. The van der Waals surface area contributed by atoms with Crippen molar-refractivity contribution < 1.29 is 14.6 Å². The number of carboxylic acids is 1. The number of hydrogen-bond acceptors (Lipinski definition) is 3. The number of rotatable bonds is 4. The van der Waals surface area contributed by atoms with E-state index < -0.39 is 5.97 Å². The lowest BCUT2D eigenvalue weighted by Gasteiger charge is -2.13. The van der Waals surface area contributed by atoms with Gasteiger partial charge < -0.3 is 9.84 Å². The summed E-state index contributed by atoms with van der Waals surface area (Å²) < 4.78 is 6.18. The molecule has 0 saturated heterocycles. The lowest BCUT2D eigenvalue weighted by atomic mass is 10.3. The molecule has 15 heavy (non-hydrogen) atoms. The van der Waals surface area contributed by atoms with Crippen LogP contribution < -0.4 is 5.56 Å². The predicted molar refractivity (Wildman–Crippen MR) is 54.1 cm³/mol. The first-order valence-electron chi connectivity index (χ1n) is 4.52. The normalized spacial score (nSPS) is 12.4. The fourth-order valence-corrected chi connectivity index (χ4v) is 1.23. The van der Waals surface area contributed by atoms with E-state index in [0.717, 1.165) is 0 Å². The summed E-state index contributed by atoms with van der Waals surface area (Å²) in [6, 6.07) is 4.15. The van der Waals surface area contributed by atoms with Crippen molar-refractivity contribution in [2.45, 2.75) is 19.6 Å². The Balaban J connectivity index is 3.13. The molecule has 82 valence electrons. The third kappa shape index (κ3) is 2.66. The number of aromatic nitrogens is 1. The summed E-state index contributed by atoms with van der Waals surface area (Å²) in [5, 5.41) is 8.88. The van der Waals surface area contributed by atoms with Gasteiger partial charge in [0.1, 0.15) is 5.69 Å². The van der Waals surface area contributed by atoms with Crippen LogP contribution in [0.4, 0.5) is 0 Å². The Bertz CT molecular complexity index is 410. The Morgan fingerprint density at radius 2 is 2.27 bits per heavy atom. The summed E-state index contributed by atoms with van der Waals surface area (Å²) >= 11 is 0. The third-order valence-electron chi connectivity index (χ3n) is 2.11. The first-order chi connectivity index (χ1) is 7.06. The monoisotopic (exact) mass is 211 g/mol. The van der Waals surface area contributed by atoms with Crippen molar-refractivity contribution >= 4 is 5.97 Å². The zero-order chi connectivity index (χ0) is 11.4. The van der Waals surface area contributed by atoms with Crippen molar-refractivity contribution in [3.05, 3.63) is 34.2 Å². The average Bonchev–Trinajstić information content (AvgIpc) is 2.20. The fraction of sp³-hybridized carbons (Fsp3) is 0.400. The van der Waals surface area contributed by atoms with Crippen LogP contribution in [-0.4, -0.2) is 28.9 Å². The predicted octanol–water partition coefficient (Wildman–Crippen LogP) is 0.581. The number of carbonyl (C=O) groups is 1. The maximum atomic E-state index is 11.4. The first-order valence-corrected chi connectivity index (χ1v) is 4.52. The van der Waals surface area contributed by atoms with Crippen molar-refractivity contribution in [1.29, 1.82) is 0 Å². The molecule has 0 spiro atoms. The van der Waals surface area contributed by atoms with Crippen LogP contribution in [0.25, 0.3) is 0 Å². The number of carboxylic acid groups (broad SMARTS) is 1. The third-order valence-corrected chi connectivity index (χ3v) is 2.11. The van der Waals surface area contributed by atoms with E-state index in [2.05, 4.69) is 0 Å². The van der Waals surface area contributed by atoms with E-state index in [0.29, 0.717) is 0 Å². The van der Waals surface area contributed by atoms with E-state index in [4.69, 9.17) is 9.84 Å². The molecular weight excluding hydrogens is 198 g/mol. The van der Waals surface area contributed by atoms with E-state index >= 15 is 0 Å². The first kappa shape index (κ1) is 11.5. The zero-order valence-corrected chi connectivity index (χ0v) is 8.64. The second-order valence-corrected chi connectivity index (χ2v) is 3.21. The minimum atomic E-state index is -1.11.